The van der Waals surface area contributed by atoms with E-state index in [4.69, 9.17) is 4.74 Å². The van der Waals surface area contributed by atoms with Crippen LogP contribution >= 0.6 is 0 Å². The maximum Gasteiger partial charge on any atom is 0.415 e. The van der Waals surface area contributed by atoms with Gasteiger partial charge in [0.2, 0.25) is 5.95 Å². The van der Waals surface area contributed by atoms with Crippen molar-refractivity contribution in [2.75, 3.05) is 30.9 Å². The van der Waals surface area contributed by atoms with Crippen LogP contribution in [-0.2, 0) is 4.74 Å². The average molecular weight is 415 g/mol. The summed E-state index contributed by atoms with van der Waals surface area (Å²) in [6, 6.07) is 5.70. The molecule has 160 valence electrons. The van der Waals surface area contributed by atoms with E-state index >= 15 is 0 Å². The van der Waals surface area contributed by atoms with E-state index in [9.17, 15) is 14.0 Å². The molecule has 8 nitrogen and oxygen atoms in total. The number of rotatable bonds is 6. The number of amides is 2. The number of carbonyl (C=O) groups excluding carboxylic acids is 2. The lowest BCUT2D eigenvalue weighted by atomic mass is 10.0. The molecule has 2 amide bonds. The van der Waals surface area contributed by atoms with E-state index in [-0.39, 0.29) is 23.6 Å². The first-order valence-corrected chi connectivity index (χ1v) is 9.75. The lowest BCUT2D eigenvalue weighted by molar-refractivity contribution is 0.0823. The summed E-state index contributed by atoms with van der Waals surface area (Å²) in [4.78, 5) is 35.7. The van der Waals surface area contributed by atoms with Crippen molar-refractivity contribution in [2.24, 2.45) is 5.92 Å². The standard InChI is InChI=1S/C21H26FN5O3/c1-12(2)17-11-30-21(29)27(17)18-8-9-23-20(25-18)24-13(3)14-6-7-15(16(22)10-14)19(28)26(4)5/h6-10,12-13,17H,11H2,1-5H3,(H,23,24,25)/t13-,17+/m0/s1. The summed E-state index contributed by atoms with van der Waals surface area (Å²) < 4.78 is 19.6. The molecule has 3 rings (SSSR count). The smallest absolute Gasteiger partial charge is 0.415 e. The minimum atomic E-state index is -0.589. The normalized spacial score (nSPS) is 17.1. The number of hydrogen-bond donors (Lipinski definition) is 1. The molecule has 1 aliphatic heterocycles. The average Bonchev–Trinajstić information content (AvgIpc) is 3.09. The second-order valence-corrected chi connectivity index (χ2v) is 7.80. The van der Waals surface area contributed by atoms with E-state index in [1.807, 2.05) is 20.8 Å². The second kappa shape index (κ2) is 8.64. The lowest BCUT2D eigenvalue weighted by Crippen LogP contribution is -2.37. The van der Waals surface area contributed by atoms with Crippen molar-refractivity contribution in [3.63, 3.8) is 0 Å². The van der Waals surface area contributed by atoms with Crippen LogP contribution in [0.1, 0.15) is 42.7 Å². The molecule has 9 heteroatoms. The Morgan fingerprint density at radius 2 is 2.03 bits per heavy atom. The van der Waals surface area contributed by atoms with Gasteiger partial charge in [0.25, 0.3) is 5.91 Å². The number of ether oxygens (including phenoxy) is 1. The molecule has 0 saturated carbocycles. The zero-order valence-corrected chi connectivity index (χ0v) is 17.7. The number of benzene rings is 1. The van der Waals surface area contributed by atoms with E-state index in [0.29, 0.717) is 23.9 Å². The Hall–Kier alpha value is -3.23. The summed E-state index contributed by atoms with van der Waals surface area (Å²) in [6.45, 7) is 6.18. The van der Waals surface area contributed by atoms with Crippen LogP contribution in [-0.4, -0.2) is 53.6 Å². The molecule has 30 heavy (non-hydrogen) atoms. The van der Waals surface area contributed by atoms with Crippen LogP contribution in [0.3, 0.4) is 0 Å². The Morgan fingerprint density at radius 3 is 2.67 bits per heavy atom. The fourth-order valence-corrected chi connectivity index (χ4v) is 3.24. The number of nitrogens with one attached hydrogen (secondary N) is 1. The van der Waals surface area contributed by atoms with Crippen molar-refractivity contribution in [2.45, 2.75) is 32.9 Å². The van der Waals surface area contributed by atoms with Crippen molar-refractivity contribution >= 4 is 23.8 Å². The van der Waals surface area contributed by atoms with Gasteiger partial charge < -0.3 is 15.0 Å². The molecule has 2 heterocycles. The fraction of sp³-hybridized carbons (Fsp3) is 0.429. The molecule has 1 N–H and O–H groups in total. The van der Waals surface area contributed by atoms with E-state index in [1.54, 1.807) is 32.4 Å². The van der Waals surface area contributed by atoms with Crippen LogP contribution in [0.15, 0.2) is 30.5 Å². The van der Waals surface area contributed by atoms with Gasteiger partial charge in [-0.3, -0.25) is 9.69 Å². The molecule has 0 bridgehead atoms. The fourth-order valence-electron chi connectivity index (χ4n) is 3.24. The third kappa shape index (κ3) is 4.34. The third-order valence-corrected chi connectivity index (χ3v) is 5.04. The molecule has 0 spiro atoms. The highest BCUT2D eigenvalue weighted by atomic mass is 19.1. The predicted octanol–water partition coefficient (Wildman–Crippen LogP) is 3.47. The molecule has 0 unspecified atom stereocenters. The highest BCUT2D eigenvalue weighted by Crippen LogP contribution is 2.27. The van der Waals surface area contributed by atoms with Crippen molar-refractivity contribution in [1.29, 1.82) is 0 Å². The monoisotopic (exact) mass is 415 g/mol. The molecule has 2 atom stereocenters. The molecular weight excluding hydrogens is 389 g/mol. The number of hydrogen-bond acceptors (Lipinski definition) is 6. The van der Waals surface area contributed by atoms with Crippen LogP contribution in [0.25, 0.3) is 0 Å². The first kappa shape index (κ1) is 21.5. The first-order chi connectivity index (χ1) is 14.2. The molecule has 1 aromatic heterocycles. The van der Waals surface area contributed by atoms with Gasteiger partial charge in [0, 0.05) is 20.3 Å². The van der Waals surface area contributed by atoms with Gasteiger partial charge in [-0.15, -0.1) is 0 Å². The van der Waals surface area contributed by atoms with Gasteiger partial charge in [-0.05, 0) is 36.6 Å². The topological polar surface area (TPSA) is 87.7 Å². The minimum absolute atomic E-state index is 0.0153. The third-order valence-electron chi connectivity index (χ3n) is 5.04. The highest BCUT2D eigenvalue weighted by molar-refractivity contribution is 5.94. The SMILES string of the molecule is CC(C)[C@H]1COC(=O)N1c1ccnc(N[C@@H](C)c2ccc(C(=O)N(C)C)c(F)c2)n1. The number of halogens is 1. The van der Waals surface area contributed by atoms with Gasteiger partial charge in [-0.2, -0.15) is 4.98 Å². The van der Waals surface area contributed by atoms with Gasteiger partial charge >= 0.3 is 6.09 Å². The van der Waals surface area contributed by atoms with Gasteiger partial charge in [0.1, 0.15) is 18.2 Å². The number of nitrogens with zero attached hydrogens (tertiary/aromatic N) is 4. The maximum absolute atomic E-state index is 14.4. The van der Waals surface area contributed by atoms with E-state index in [0.717, 1.165) is 0 Å². The molecule has 1 aliphatic rings. The van der Waals surface area contributed by atoms with Gasteiger partial charge in [0.05, 0.1) is 17.6 Å². The Bertz CT molecular complexity index is 950. The molecule has 1 fully saturated rings. The largest absolute Gasteiger partial charge is 0.447 e. The maximum atomic E-state index is 14.4. The van der Waals surface area contributed by atoms with Crippen LogP contribution < -0.4 is 10.2 Å². The summed E-state index contributed by atoms with van der Waals surface area (Å²) in [5, 5.41) is 3.12. The van der Waals surface area contributed by atoms with Crippen molar-refractivity contribution in [3.8, 4) is 0 Å². The summed E-state index contributed by atoms with van der Waals surface area (Å²) in [5.41, 5.74) is 0.652. The molecule has 0 radical (unpaired) electrons. The Labute approximate surface area is 175 Å². The Kier molecular flexibility index (Phi) is 6.19. The number of cyclic esters (lactones) is 1. The van der Waals surface area contributed by atoms with Crippen LogP contribution in [0.4, 0.5) is 21.0 Å². The Balaban J connectivity index is 1.79. The first-order valence-electron chi connectivity index (χ1n) is 9.75. The van der Waals surface area contributed by atoms with Gasteiger partial charge in [0.15, 0.2) is 0 Å². The molecule has 1 saturated heterocycles. The van der Waals surface area contributed by atoms with E-state index in [1.165, 1.54) is 21.9 Å². The van der Waals surface area contributed by atoms with Crippen molar-refractivity contribution in [1.82, 2.24) is 14.9 Å². The number of anilines is 2. The zero-order chi connectivity index (χ0) is 22.0. The van der Waals surface area contributed by atoms with Gasteiger partial charge in [-0.25, -0.2) is 14.2 Å². The molecule has 2 aromatic rings. The van der Waals surface area contributed by atoms with E-state index < -0.39 is 17.8 Å². The lowest BCUT2D eigenvalue weighted by Gasteiger charge is -2.24. The quantitative estimate of drug-likeness (QED) is 0.777. The van der Waals surface area contributed by atoms with Gasteiger partial charge in [-0.1, -0.05) is 19.9 Å². The highest BCUT2D eigenvalue weighted by Gasteiger charge is 2.37. The summed E-state index contributed by atoms with van der Waals surface area (Å²) in [7, 11) is 3.15. The summed E-state index contributed by atoms with van der Waals surface area (Å²) in [6.07, 6.45) is 1.12. The predicted molar refractivity (Wildman–Crippen MR) is 111 cm³/mol. The number of carbonyl (C=O) groups is 2. The molecular formula is C21H26FN5O3. The second-order valence-electron chi connectivity index (χ2n) is 7.80. The van der Waals surface area contributed by atoms with Crippen LogP contribution in [0.2, 0.25) is 0 Å². The number of aromatic nitrogens is 2. The summed E-state index contributed by atoms with van der Waals surface area (Å²) in [5.74, 6) is -0.0369. The zero-order valence-electron chi connectivity index (χ0n) is 17.7. The Morgan fingerprint density at radius 1 is 1.30 bits per heavy atom. The van der Waals surface area contributed by atoms with Crippen LogP contribution in [0, 0.1) is 11.7 Å². The van der Waals surface area contributed by atoms with Crippen molar-refractivity contribution < 1.29 is 18.7 Å². The van der Waals surface area contributed by atoms with Crippen molar-refractivity contribution in [3.05, 3.63) is 47.4 Å². The summed E-state index contributed by atoms with van der Waals surface area (Å²) >= 11 is 0. The minimum Gasteiger partial charge on any atom is -0.447 e. The molecule has 1 aromatic carbocycles. The van der Waals surface area contributed by atoms with E-state index in [2.05, 4.69) is 15.3 Å². The van der Waals surface area contributed by atoms with Crippen LogP contribution in [0.5, 0.6) is 0 Å². The molecule has 0 aliphatic carbocycles.